The number of rotatable bonds is 4. The predicted molar refractivity (Wildman–Crippen MR) is 85.0 cm³/mol. The summed E-state index contributed by atoms with van der Waals surface area (Å²) in [6, 6.07) is 10.5. The van der Waals surface area contributed by atoms with Crippen molar-refractivity contribution < 1.29 is 9.21 Å². The third-order valence-electron chi connectivity index (χ3n) is 4.06. The first-order valence-corrected chi connectivity index (χ1v) is 7.81. The van der Waals surface area contributed by atoms with Crippen molar-refractivity contribution in [2.75, 3.05) is 18.0 Å². The van der Waals surface area contributed by atoms with Gasteiger partial charge >= 0.3 is 0 Å². The molecule has 0 saturated carbocycles. The van der Waals surface area contributed by atoms with Crippen LogP contribution in [0.3, 0.4) is 0 Å². The van der Waals surface area contributed by atoms with Gasteiger partial charge in [0.05, 0.1) is 0 Å². The second kappa shape index (κ2) is 6.64. The smallest absolute Gasteiger partial charge is 0.273 e. The van der Waals surface area contributed by atoms with Crippen molar-refractivity contribution in [3.05, 3.63) is 48.2 Å². The molecule has 1 aromatic carbocycles. The van der Waals surface area contributed by atoms with Crippen LogP contribution in [-0.4, -0.2) is 30.0 Å². The highest BCUT2D eigenvalue weighted by Gasteiger charge is 2.24. The predicted octanol–water partition coefficient (Wildman–Crippen LogP) is 2.64. The Labute approximate surface area is 130 Å². The molecule has 1 aliphatic rings. The van der Waals surface area contributed by atoms with Gasteiger partial charge in [0.25, 0.3) is 5.91 Å². The lowest BCUT2D eigenvalue weighted by Gasteiger charge is -2.34. The Hall–Kier alpha value is -2.30. The Morgan fingerprint density at radius 1 is 1.41 bits per heavy atom. The molecule has 2 aromatic rings. The van der Waals surface area contributed by atoms with E-state index in [0.29, 0.717) is 17.9 Å². The Morgan fingerprint density at radius 3 is 3.00 bits per heavy atom. The number of carbonyl (C=O) groups excluding carboxylic acids is 1. The van der Waals surface area contributed by atoms with E-state index in [1.807, 2.05) is 25.1 Å². The van der Waals surface area contributed by atoms with Gasteiger partial charge in [-0.2, -0.15) is 0 Å². The minimum Gasteiger partial charge on any atom is -0.448 e. The van der Waals surface area contributed by atoms with E-state index in [-0.39, 0.29) is 11.9 Å². The Bertz CT molecular complexity index is 624. The first-order chi connectivity index (χ1) is 10.8. The summed E-state index contributed by atoms with van der Waals surface area (Å²) >= 11 is 0. The number of nitrogens with zero attached hydrogens (tertiary/aromatic N) is 2. The van der Waals surface area contributed by atoms with E-state index in [0.717, 1.165) is 25.9 Å². The number of aryl methyl sites for hydroxylation is 1. The molecule has 116 valence electrons. The Kier molecular flexibility index (Phi) is 4.42. The second-order valence-electron chi connectivity index (χ2n) is 5.57. The highest BCUT2D eigenvalue weighted by Crippen LogP contribution is 2.19. The number of aromatic nitrogens is 1. The number of benzene rings is 1. The van der Waals surface area contributed by atoms with Crippen molar-refractivity contribution in [1.82, 2.24) is 10.3 Å². The number of piperidine rings is 1. The molecule has 1 aromatic heterocycles. The molecular formula is C17H21N3O2. The SMILES string of the molecule is CCc1ocnc1C(=O)NC1CCCN(c2ccccc2)C1. The van der Waals surface area contributed by atoms with Gasteiger partial charge in [0.15, 0.2) is 12.1 Å². The summed E-state index contributed by atoms with van der Waals surface area (Å²) in [7, 11) is 0. The lowest BCUT2D eigenvalue weighted by atomic mass is 10.0. The summed E-state index contributed by atoms with van der Waals surface area (Å²) in [5, 5.41) is 3.09. The number of para-hydroxylation sites is 1. The van der Waals surface area contributed by atoms with E-state index in [4.69, 9.17) is 4.42 Å². The Morgan fingerprint density at radius 2 is 2.23 bits per heavy atom. The lowest BCUT2D eigenvalue weighted by Crippen LogP contribution is -2.48. The third kappa shape index (κ3) is 3.13. The van der Waals surface area contributed by atoms with Gasteiger partial charge in [-0.05, 0) is 25.0 Å². The molecule has 1 amide bonds. The molecule has 22 heavy (non-hydrogen) atoms. The molecule has 1 unspecified atom stereocenters. The van der Waals surface area contributed by atoms with Crippen LogP contribution in [0, 0.1) is 0 Å². The number of hydrogen-bond acceptors (Lipinski definition) is 4. The molecule has 5 heteroatoms. The average molecular weight is 299 g/mol. The maximum atomic E-state index is 12.3. The van der Waals surface area contributed by atoms with Crippen LogP contribution in [0.25, 0.3) is 0 Å². The van der Waals surface area contributed by atoms with Gasteiger partial charge in [-0.25, -0.2) is 4.98 Å². The van der Waals surface area contributed by atoms with Crippen molar-refractivity contribution in [3.8, 4) is 0 Å². The first kappa shape index (κ1) is 14.6. The van der Waals surface area contributed by atoms with E-state index >= 15 is 0 Å². The van der Waals surface area contributed by atoms with Gasteiger partial charge < -0.3 is 14.6 Å². The fraction of sp³-hybridized carbons (Fsp3) is 0.412. The topological polar surface area (TPSA) is 58.4 Å². The number of carbonyl (C=O) groups is 1. The third-order valence-corrected chi connectivity index (χ3v) is 4.06. The standard InChI is InChI=1S/C17H21N3O2/c1-2-15-16(18-12-22-15)17(21)19-13-7-6-10-20(11-13)14-8-4-3-5-9-14/h3-5,8-9,12-13H,2,6-7,10-11H2,1H3,(H,19,21). The maximum absolute atomic E-state index is 12.3. The summed E-state index contributed by atoms with van der Waals surface area (Å²) in [4.78, 5) is 18.7. The molecule has 0 bridgehead atoms. The molecule has 0 radical (unpaired) electrons. The summed E-state index contributed by atoms with van der Waals surface area (Å²) in [5.74, 6) is 0.513. The van der Waals surface area contributed by atoms with Gasteiger partial charge in [0.1, 0.15) is 5.76 Å². The number of hydrogen-bond donors (Lipinski definition) is 1. The van der Waals surface area contributed by atoms with Gasteiger partial charge in [-0.15, -0.1) is 0 Å². The lowest BCUT2D eigenvalue weighted by molar-refractivity contribution is 0.0927. The number of oxazole rings is 1. The second-order valence-corrected chi connectivity index (χ2v) is 5.57. The number of nitrogens with one attached hydrogen (secondary N) is 1. The molecule has 1 N–H and O–H groups in total. The molecule has 3 rings (SSSR count). The summed E-state index contributed by atoms with van der Waals surface area (Å²) in [6.45, 7) is 3.81. The van der Waals surface area contributed by atoms with Gasteiger partial charge in [-0.1, -0.05) is 25.1 Å². The zero-order valence-corrected chi connectivity index (χ0v) is 12.8. The van der Waals surface area contributed by atoms with Crippen molar-refractivity contribution >= 4 is 11.6 Å². The van der Waals surface area contributed by atoms with Crippen molar-refractivity contribution in [3.63, 3.8) is 0 Å². The highest BCUT2D eigenvalue weighted by atomic mass is 16.3. The molecular weight excluding hydrogens is 278 g/mol. The molecule has 0 aliphatic carbocycles. The zero-order valence-electron chi connectivity index (χ0n) is 12.8. The minimum atomic E-state index is -0.134. The summed E-state index contributed by atoms with van der Waals surface area (Å²) in [5.41, 5.74) is 1.62. The van der Waals surface area contributed by atoms with E-state index in [1.54, 1.807) is 0 Å². The van der Waals surface area contributed by atoms with Crippen LogP contribution < -0.4 is 10.2 Å². The van der Waals surface area contributed by atoms with E-state index in [1.165, 1.54) is 12.1 Å². The molecule has 0 spiro atoms. The normalized spacial score (nSPS) is 18.2. The fourth-order valence-electron chi connectivity index (χ4n) is 2.93. The fourth-order valence-corrected chi connectivity index (χ4v) is 2.93. The number of amides is 1. The maximum Gasteiger partial charge on any atom is 0.273 e. The van der Waals surface area contributed by atoms with Crippen LogP contribution in [0.15, 0.2) is 41.1 Å². The quantitative estimate of drug-likeness (QED) is 0.943. The van der Waals surface area contributed by atoms with Crippen LogP contribution in [0.2, 0.25) is 0 Å². The van der Waals surface area contributed by atoms with E-state index < -0.39 is 0 Å². The highest BCUT2D eigenvalue weighted by molar-refractivity contribution is 5.93. The van der Waals surface area contributed by atoms with Gasteiger partial charge in [0, 0.05) is 31.2 Å². The summed E-state index contributed by atoms with van der Waals surface area (Å²) < 4.78 is 5.23. The van der Waals surface area contributed by atoms with Crippen LogP contribution in [0.5, 0.6) is 0 Å². The summed E-state index contributed by atoms with van der Waals surface area (Å²) in [6.07, 6.45) is 4.07. The van der Waals surface area contributed by atoms with Crippen molar-refractivity contribution in [1.29, 1.82) is 0 Å². The molecule has 1 saturated heterocycles. The number of anilines is 1. The largest absolute Gasteiger partial charge is 0.448 e. The van der Waals surface area contributed by atoms with Crippen LogP contribution >= 0.6 is 0 Å². The van der Waals surface area contributed by atoms with Crippen LogP contribution in [0.1, 0.15) is 36.0 Å². The monoisotopic (exact) mass is 299 g/mol. The average Bonchev–Trinajstić information content (AvgIpc) is 3.05. The molecule has 1 fully saturated rings. The molecule has 2 heterocycles. The van der Waals surface area contributed by atoms with Gasteiger partial charge in [0.2, 0.25) is 0 Å². The molecule has 1 aliphatic heterocycles. The van der Waals surface area contributed by atoms with Crippen LogP contribution in [0.4, 0.5) is 5.69 Å². The van der Waals surface area contributed by atoms with Gasteiger partial charge in [-0.3, -0.25) is 4.79 Å². The Balaban J connectivity index is 1.64. The van der Waals surface area contributed by atoms with Crippen LogP contribution in [-0.2, 0) is 6.42 Å². The van der Waals surface area contributed by atoms with Crippen molar-refractivity contribution in [2.45, 2.75) is 32.2 Å². The first-order valence-electron chi connectivity index (χ1n) is 7.81. The zero-order chi connectivity index (χ0) is 15.4. The van der Waals surface area contributed by atoms with Crippen molar-refractivity contribution in [2.24, 2.45) is 0 Å². The minimum absolute atomic E-state index is 0.134. The van der Waals surface area contributed by atoms with E-state index in [2.05, 4.69) is 27.3 Å². The molecule has 5 nitrogen and oxygen atoms in total. The van der Waals surface area contributed by atoms with E-state index in [9.17, 15) is 4.79 Å². The molecule has 1 atom stereocenters.